The third kappa shape index (κ3) is 3.56. The number of carbonyl (C=O) groups is 1. The van der Waals surface area contributed by atoms with Crippen LogP contribution in [-0.2, 0) is 11.3 Å². The van der Waals surface area contributed by atoms with Crippen molar-refractivity contribution in [2.75, 3.05) is 19.3 Å². The molecule has 0 atom stereocenters. The molecule has 0 aliphatic rings. The fraction of sp³-hybridized carbons (Fsp3) is 0.400. The molecule has 110 valence electrons. The van der Waals surface area contributed by atoms with Gasteiger partial charge in [0.25, 0.3) is 0 Å². The minimum Gasteiger partial charge on any atom is -0.344 e. The summed E-state index contributed by atoms with van der Waals surface area (Å²) in [5.41, 5.74) is 2.04. The van der Waals surface area contributed by atoms with Gasteiger partial charge in [-0.25, -0.2) is 4.98 Å². The van der Waals surface area contributed by atoms with Crippen molar-refractivity contribution in [2.45, 2.75) is 25.0 Å². The van der Waals surface area contributed by atoms with Gasteiger partial charge in [0.15, 0.2) is 5.16 Å². The average molecular weight is 302 g/mol. The SMILES string of the molecule is CCn1c(SCC(=O)N(C)CCC#N)nc2ccccc21. The normalized spacial score (nSPS) is 10.5. The summed E-state index contributed by atoms with van der Waals surface area (Å²) in [7, 11) is 1.73. The van der Waals surface area contributed by atoms with Crippen LogP contribution in [0.25, 0.3) is 11.0 Å². The second kappa shape index (κ2) is 7.14. The Balaban J connectivity index is 2.06. The summed E-state index contributed by atoms with van der Waals surface area (Å²) in [6.07, 6.45) is 0.361. The number of imidazole rings is 1. The molecule has 6 heteroatoms. The van der Waals surface area contributed by atoms with Gasteiger partial charge in [0.2, 0.25) is 5.91 Å². The summed E-state index contributed by atoms with van der Waals surface area (Å²) in [6, 6.07) is 10.0. The number of nitriles is 1. The molecule has 0 unspecified atom stereocenters. The van der Waals surface area contributed by atoms with E-state index in [1.165, 1.54) is 11.8 Å². The molecule has 0 saturated carbocycles. The van der Waals surface area contributed by atoms with E-state index < -0.39 is 0 Å². The van der Waals surface area contributed by atoms with Gasteiger partial charge in [-0.2, -0.15) is 5.26 Å². The number of rotatable bonds is 6. The van der Waals surface area contributed by atoms with Crippen LogP contribution in [0.3, 0.4) is 0 Å². The van der Waals surface area contributed by atoms with Crippen molar-refractivity contribution in [3.05, 3.63) is 24.3 Å². The first-order chi connectivity index (χ1) is 10.2. The van der Waals surface area contributed by atoms with E-state index in [2.05, 4.69) is 16.5 Å². The van der Waals surface area contributed by atoms with Gasteiger partial charge >= 0.3 is 0 Å². The Labute approximate surface area is 128 Å². The van der Waals surface area contributed by atoms with Gasteiger partial charge in [0, 0.05) is 20.1 Å². The van der Waals surface area contributed by atoms with Gasteiger partial charge in [-0.15, -0.1) is 0 Å². The maximum absolute atomic E-state index is 12.0. The third-order valence-corrected chi connectivity index (χ3v) is 4.21. The Morgan fingerprint density at radius 2 is 2.24 bits per heavy atom. The Morgan fingerprint density at radius 1 is 1.48 bits per heavy atom. The third-order valence-electron chi connectivity index (χ3n) is 3.25. The number of fused-ring (bicyclic) bond motifs is 1. The van der Waals surface area contributed by atoms with E-state index in [0.717, 1.165) is 22.7 Å². The fourth-order valence-electron chi connectivity index (χ4n) is 2.05. The standard InChI is InChI=1S/C15H18N4OS/c1-3-19-13-8-5-4-7-12(13)17-15(19)21-11-14(20)18(2)10-6-9-16/h4-5,7-8H,3,6,10-11H2,1-2H3. The predicted octanol–water partition coefficient (Wildman–Crippen LogP) is 2.52. The number of aryl methyl sites for hydroxylation is 1. The molecule has 5 nitrogen and oxygen atoms in total. The van der Waals surface area contributed by atoms with Gasteiger partial charge in [0.05, 0.1) is 29.3 Å². The Morgan fingerprint density at radius 3 is 2.95 bits per heavy atom. The highest BCUT2D eigenvalue weighted by Crippen LogP contribution is 2.24. The number of para-hydroxylation sites is 2. The zero-order valence-corrected chi connectivity index (χ0v) is 13.1. The maximum Gasteiger partial charge on any atom is 0.232 e. The Bertz CT molecular complexity index is 674. The predicted molar refractivity (Wildman–Crippen MR) is 84.0 cm³/mol. The first kappa shape index (κ1) is 15.4. The molecule has 0 N–H and O–H groups in total. The van der Waals surface area contributed by atoms with Gasteiger partial charge in [0.1, 0.15) is 0 Å². The Kier molecular flexibility index (Phi) is 5.23. The van der Waals surface area contributed by atoms with Crippen molar-refractivity contribution in [3.63, 3.8) is 0 Å². The topological polar surface area (TPSA) is 61.9 Å². The van der Waals surface area contributed by atoms with Crippen LogP contribution in [0.2, 0.25) is 0 Å². The largest absolute Gasteiger partial charge is 0.344 e. The quantitative estimate of drug-likeness (QED) is 0.769. The lowest BCUT2D eigenvalue weighted by Gasteiger charge is -2.15. The number of hydrogen-bond donors (Lipinski definition) is 0. The van der Waals surface area contributed by atoms with Crippen molar-refractivity contribution in [3.8, 4) is 6.07 Å². The number of amides is 1. The molecule has 0 saturated heterocycles. The van der Waals surface area contributed by atoms with Crippen LogP contribution in [0.15, 0.2) is 29.4 Å². The highest BCUT2D eigenvalue weighted by Gasteiger charge is 2.13. The van der Waals surface area contributed by atoms with Crippen LogP contribution < -0.4 is 0 Å². The van der Waals surface area contributed by atoms with Crippen LogP contribution in [-0.4, -0.2) is 39.7 Å². The highest BCUT2D eigenvalue weighted by molar-refractivity contribution is 7.99. The molecule has 0 bridgehead atoms. The molecule has 0 spiro atoms. The van der Waals surface area contributed by atoms with Crippen molar-refractivity contribution in [2.24, 2.45) is 0 Å². The molecule has 1 amide bonds. The van der Waals surface area contributed by atoms with Crippen LogP contribution in [0.5, 0.6) is 0 Å². The van der Waals surface area contributed by atoms with Crippen LogP contribution >= 0.6 is 11.8 Å². The molecule has 2 aromatic rings. The zero-order chi connectivity index (χ0) is 15.2. The molecule has 0 aliphatic carbocycles. The summed E-state index contributed by atoms with van der Waals surface area (Å²) >= 11 is 1.44. The lowest BCUT2D eigenvalue weighted by atomic mass is 10.3. The highest BCUT2D eigenvalue weighted by atomic mass is 32.2. The molecule has 1 aromatic carbocycles. The maximum atomic E-state index is 12.0. The molecule has 2 rings (SSSR count). The van der Waals surface area contributed by atoms with E-state index in [4.69, 9.17) is 5.26 Å². The zero-order valence-electron chi connectivity index (χ0n) is 12.2. The first-order valence-electron chi connectivity index (χ1n) is 6.86. The monoisotopic (exact) mass is 302 g/mol. The van der Waals surface area contributed by atoms with Crippen molar-refractivity contribution in [1.82, 2.24) is 14.5 Å². The van der Waals surface area contributed by atoms with Crippen molar-refractivity contribution in [1.29, 1.82) is 5.26 Å². The summed E-state index contributed by atoms with van der Waals surface area (Å²) in [5, 5.41) is 9.41. The number of thioether (sulfide) groups is 1. The van der Waals surface area contributed by atoms with Gasteiger partial charge in [-0.1, -0.05) is 23.9 Å². The van der Waals surface area contributed by atoms with Crippen LogP contribution in [0.4, 0.5) is 0 Å². The van der Waals surface area contributed by atoms with Crippen molar-refractivity contribution >= 4 is 28.7 Å². The number of nitrogens with zero attached hydrogens (tertiary/aromatic N) is 4. The minimum absolute atomic E-state index is 0.0185. The van der Waals surface area contributed by atoms with E-state index in [0.29, 0.717) is 18.7 Å². The van der Waals surface area contributed by atoms with Gasteiger partial charge < -0.3 is 9.47 Å². The lowest BCUT2D eigenvalue weighted by molar-refractivity contribution is -0.127. The lowest BCUT2D eigenvalue weighted by Crippen LogP contribution is -2.29. The summed E-state index contributed by atoms with van der Waals surface area (Å²) in [4.78, 5) is 18.2. The smallest absolute Gasteiger partial charge is 0.232 e. The van der Waals surface area contributed by atoms with E-state index in [1.807, 2.05) is 30.3 Å². The van der Waals surface area contributed by atoms with Crippen LogP contribution in [0, 0.1) is 11.3 Å². The number of aromatic nitrogens is 2. The molecule has 21 heavy (non-hydrogen) atoms. The van der Waals surface area contributed by atoms with E-state index >= 15 is 0 Å². The van der Waals surface area contributed by atoms with Gasteiger partial charge in [-0.05, 0) is 19.1 Å². The molecular formula is C15H18N4OS. The second-order valence-electron chi connectivity index (χ2n) is 4.64. The number of carbonyl (C=O) groups excluding carboxylic acids is 1. The molecule has 0 aliphatic heterocycles. The molecular weight excluding hydrogens is 284 g/mol. The van der Waals surface area contributed by atoms with Crippen molar-refractivity contribution < 1.29 is 4.79 Å². The van der Waals surface area contributed by atoms with Gasteiger partial charge in [-0.3, -0.25) is 4.79 Å². The summed E-state index contributed by atoms with van der Waals surface area (Å²) in [5.74, 6) is 0.357. The number of hydrogen-bond acceptors (Lipinski definition) is 4. The molecule has 1 heterocycles. The molecule has 0 radical (unpaired) electrons. The molecule has 1 aromatic heterocycles. The summed E-state index contributed by atoms with van der Waals surface area (Å²) in [6.45, 7) is 3.36. The number of benzene rings is 1. The van der Waals surface area contributed by atoms with E-state index in [9.17, 15) is 4.79 Å². The Hall–Kier alpha value is -2.00. The van der Waals surface area contributed by atoms with Crippen LogP contribution in [0.1, 0.15) is 13.3 Å². The first-order valence-corrected chi connectivity index (χ1v) is 7.85. The average Bonchev–Trinajstić information content (AvgIpc) is 2.87. The second-order valence-corrected chi connectivity index (χ2v) is 5.58. The fourth-order valence-corrected chi connectivity index (χ4v) is 3.07. The van der Waals surface area contributed by atoms with E-state index in [1.54, 1.807) is 11.9 Å². The molecule has 0 fully saturated rings. The van der Waals surface area contributed by atoms with E-state index in [-0.39, 0.29) is 5.91 Å². The summed E-state index contributed by atoms with van der Waals surface area (Å²) < 4.78 is 2.11. The minimum atomic E-state index is 0.0185.